The Kier molecular flexibility index (Phi) is 5.11. The molecule has 0 aliphatic carbocycles. The van der Waals surface area contributed by atoms with Crippen molar-refractivity contribution >= 4 is 0 Å². The third-order valence-electron chi connectivity index (χ3n) is 2.09. The van der Waals surface area contributed by atoms with Crippen LogP contribution in [0, 0.1) is 0 Å². The van der Waals surface area contributed by atoms with Crippen molar-refractivity contribution in [1.82, 2.24) is 15.3 Å². The summed E-state index contributed by atoms with van der Waals surface area (Å²) in [6.45, 7) is 0.783. The maximum Gasteiger partial charge on any atom is 0.145 e. The largest absolute Gasteiger partial charge is 0.385 e. The lowest BCUT2D eigenvalue weighted by molar-refractivity contribution is 0.189. The molecule has 1 aromatic heterocycles. The van der Waals surface area contributed by atoms with E-state index < -0.39 is 0 Å². The molecule has 0 aliphatic heterocycles. The van der Waals surface area contributed by atoms with Crippen LogP contribution in [-0.4, -0.2) is 30.7 Å². The van der Waals surface area contributed by atoms with Gasteiger partial charge in [0.15, 0.2) is 0 Å². The second kappa shape index (κ2) is 6.45. The number of hydrogen-bond donors (Lipinski definition) is 1. The highest BCUT2D eigenvalue weighted by atomic mass is 16.5. The van der Waals surface area contributed by atoms with E-state index >= 15 is 0 Å². The van der Waals surface area contributed by atoms with Crippen LogP contribution in [0.4, 0.5) is 0 Å². The van der Waals surface area contributed by atoms with Gasteiger partial charge in [0.2, 0.25) is 0 Å². The van der Waals surface area contributed by atoms with E-state index in [0.29, 0.717) is 0 Å². The lowest BCUT2D eigenvalue weighted by atomic mass is 10.1. The normalized spacial score (nSPS) is 12.7. The quantitative estimate of drug-likeness (QED) is 0.692. The van der Waals surface area contributed by atoms with Crippen LogP contribution in [0.2, 0.25) is 0 Å². The minimum absolute atomic E-state index is 0.228. The van der Waals surface area contributed by atoms with E-state index in [1.54, 1.807) is 19.5 Å². The van der Waals surface area contributed by atoms with Crippen LogP contribution in [0.3, 0.4) is 0 Å². The van der Waals surface area contributed by atoms with E-state index in [1.807, 2.05) is 13.1 Å². The number of methoxy groups -OCH3 is 1. The second-order valence-electron chi connectivity index (χ2n) is 3.08. The van der Waals surface area contributed by atoms with E-state index in [9.17, 15) is 0 Å². The van der Waals surface area contributed by atoms with E-state index in [0.717, 1.165) is 25.3 Å². The molecule has 1 aromatic rings. The molecule has 1 N–H and O–H groups in total. The van der Waals surface area contributed by atoms with Gasteiger partial charge >= 0.3 is 0 Å². The van der Waals surface area contributed by atoms with Crippen molar-refractivity contribution in [3.63, 3.8) is 0 Å². The van der Waals surface area contributed by atoms with Gasteiger partial charge in [0.25, 0.3) is 0 Å². The van der Waals surface area contributed by atoms with E-state index in [2.05, 4.69) is 15.3 Å². The van der Waals surface area contributed by atoms with E-state index in [1.165, 1.54) is 0 Å². The topological polar surface area (TPSA) is 47.0 Å². The third-order valence-corrected chi connectivity index (χ3v) is 2.09. The fourth-order valence-corrected chi connectivity index (χ4v) is 1.32. The summed E-state index contributed by atoms with van der Waals surface area (Å²) in [5.41, 5.74) is 0. The molecule has 0 bridgehead atoms. The molecule has 0 saturated heterocycles. The molecule has 0 fully saturated rings. The highest BCUT2D eigenvalue weighted by molar-refractivity contribution is 4.95. The zero-order valence-corrected chi connectivity index (χ0v) is 8.73. The Hall–Kier alpha value is -1.00. The molecule has 4 nitrogen and oxygen atoms in total. The molecule has 0 aromatic carbocycles. The summed E-state index contributed by atoms with van der Waals surface area (Å²) < 4.78 is 5.00. The molecule has 0 aliphatic rings. The molecule has 0 saturated carbocycles. The molecule has 1 rings (SSSR count). The Balaban J connectivity index is 2.46. The summed E-state index contributed by atoms with van der Waals surface area (Å²) >= 11 is 0. The minimum atomic E-state index is 0.228. The molecule has 14 heavy (non-hydrogen) atoms. The first kappa shape index (κ1) is 11.1. The van der Waals surface area contributed by atoms with Crippen molar-refractivity contribution in [3.8, 4) is 0 Å². The average molecular weight is 195 g/mol. The first-order valence-corrected chi connectivity index (χ1v) is 4.81. The fraction of sp³-hybridized carbons (Fsp3) is 0.600. The Morgan fingerprint density at radius 1 is 1.43 bits per heavy atom. The molecule has 0 radical (unpaired) electrons. The number of rotatable bonds is 6. The minimum Gasteiger partial charge on any atom is -0.385 e. The summed E-state index contributed by atoms with van der Waals surface area (Å²) in [7, 11) is 3.64. The van der Waals surface area contributed by atoms with Gasteiger partial charge < -0.3 is 10.1 Å². The molecule has 1 heterocycles. The van der Waals surface area contributed by atoms with Gasteiger partial charge in [-0.25, -0.2) is 9.97 Å². The molecule has 0 amide bonds. The van der Waals surface area contributed by atoms with Crippen LogP contribution in [0.5, 0.6) is 0 Å². The van der Waals surface area contributed by atoms with Crippen molar-refractivity contribution in [3.05, 3.63) is 24.3 Å². The zero-order chi connectivity index (χ0) is 10.2. The highest BCUT2D eigenvalue weighted by Crippen LogP contribution is 2.12. The molecule has 1 unspecified atom stereocenters. The SMILES string of the molecule is CNC(CCCOC)c1ncccn1. The van der Waals surface area contributed by atoms with Crippen LogP contribution >= 0.6 is 0 Å². The van der Waals surface area contributed by atoms with Crippen LogP contribution < -0.4 is 5.32 Å². The maximum atomic E-state index is 5.00. The van der Waals surface area contributed by atoms with Gasteiger partial charge in [-0.3, -0.25) is 0 Å². The van der Waals surface area contributed by atoms with Crippen LogP contribution in [-0.2, 0) is 4.74 Å². The van der Waals surface area contributed by atoms with Crippen molar-refractivity contribution in [2.75, 3.05) is 20.8 Å². The number of hydrogen-bond acceptors (Lipinski definition) is 4. The van der Waals surface area contributed by atoms with Gasteiger partial charge in [0.05, 0.1) is 6.04 Å². The summed E-state index contributed by atoms with van der Waals surface area (Å²) in [6.07, 6.45) is 5.54. The van der Waals surface area contributed by atoms with Gasteiger partial charge in [-0.15, -0.1) is 0 Å². The monoisotopic (exact) mass is 195 g/mol. The van der Waals surface area contributed by atoms with Gasteiger partial charge in [-0.2, -0.15) is 0 Å². The van der Waals surface area contributed by atoms with Gasteiger partial charge in [0.1, 0.15) is 5.82 Å². The number of nitrogens with one attached hydrogen (secondary N) is 1. The first-order valence-electron chi connectivity index (χ1n) is 4.81. The summed E-state index contributed by atoms with van der Waals surface area (Å²) in [4.78, 5) is 8.43. The number of nitrogens with zero attached hydrogens (tertiary/aromatic N) is 2. The zero-order valence-electron chi connectivity index (χ0n) is 8.73. The Morgan fingerprint density at radius 2 is 2.14 bits per heavy atom. The van der Waals surface area contributed by atoms with Gasteiger partial charge in [0, 0.05) is 26.1 Å². The van der Waals surface area contributed by atoms with Crippen molar-refractivity contribution in [2.24, 2.45) is 0 Å². The molecule has 4 heteroatoms. The van der Waals surface area contributed by atoms with E-state index in [4.69, 9.17) is 4.74 Å². The number of aromatic nitrogens is 2. The molecule has 1 atom stereocenters. The standard InChI is InChI=1S/C10H17N3O/c1-11-9(5-3-8-14-2)10-12-6-4-7-13-10/h4,6-7,9,11H,3,5,8H2,1-2H3. The van der Waals surface area contributed by atoms with Crippen molar-refractivity contribution in [2.45, 2.75) is 18.9 Å². The van der Waals surface area contributed by atoms with Crippen molar-refractivity contribution < 1.29 is 4.74 Å². The summed E-state index contributed by atoms with van der Waals surface area (Å²) in [5, 5.41) is 3.20. The Morgan fingerprint density at radius 3 is 2.71 bits per heavy atom. The lowest BCUT2D eigenvalue weighted by Crippen LogP contribution is -2.19. The smallest absolute Gasteiger partial charge is 0.145 e. The third kappa shape index (κ3) is 3.40. The predicted molar refractivity (Wildman–Crippen MR) is 54.9 cm³/mol. The molecule has 0 spiro atoms. The summed E-state index contributed by atoms with van der Waals surface area (Å²) in [5.74, 6) is 0.853. The van der Waals surface area contributed by atoms with E-state index in [-0.39, 0.29) is 6.04 Å². The predicted octanol–water partition coefficient (Wildman–Crippen LogP) is 1.16. The highest BCUT2D eigenvalue weighted by Gasteiger charge is 2.10. The Labute approximate surface area is 84.7 Å². The van der Waals surface area contributed by atoms with Gasteiger partial charge in [-0.1, -0.05) is 0 Å². The molecule has 78 valence electrons. The second-order valence-corrected chi connectivity index (χ2v) is 3.08. The number of ether oxygens (including phenoxy) is 1. The molecular weight excluding hydrogens is 178 g/mol. The van der Waals surface area contributed by atoms with Crippen LogP contribution in [0.15, 0.2) is 18.5 Å². The molecular formula is C10H17N3O. The first-order chi connectivity index (χ1) is 6.88. The van der Waals surface area contributed by atoms with Crippen molar-refractivity contribution in [1.29, 1.82) is 0 Å². The maximum absolute atomic E-state index is 5.00. The fourth-order valence-electron chi connectivity index (χ4n) is 1.32. The van der Waals surface area contributed by atoms with Gasteiger partial charge in [-0.05, 0) is 26.0 Å². The van der Waals surface area contributed by atoms with Crippen LogP contribution in [0.25, 0.3) is 0 Å². The Bertz CT molecular complexity index is 240. The lowest BCUT2D eigenvalue weighted by Gasteiger charge is -2.13. The van der Waals surface area contributed by atoms with Crippen LogP contribution in [0.1, 0.15) is 24.7 Å². The average Bonchev–Trinajstić information content (AvgIpc) is 2.26. The summed E-state index contributed by atoms with van der Waals surface area (Å²) in [6, 6.07) is 2.05.